The summed E-state index contributed by atoms with van der Waals surface area (Å²) < 4.78 is 5.63. The van der Waals surface area contributed by atoms with Crippen molar-refractivity contribution in [2.45, 2.75) is 12.8 Å². The summed E-state index contributed by atoms with van der Waals surface area (Å²) in [6.07, 6.45) is 2.03. The fourth-order valence-corrected chi connectivity index (χ4v) is 2.30. The SMILES string of the molecule is CN(C)CCOc1ccc(NC(=O)C2CCCNC2)cc1.Cl.Cl. The lowest BCUT2D eigenvalue weighted by Gasteiger charge is -2.21. The maximum Gasteiger partial charge on any atom is 0.228 e. The molecule has 132 valence electrons. The van der Waals surface area contributed by atoms with Crippen molar-refractivity contribution in [1.29, 1.82) is 0 Å². The molecular formula is C16H27Cl2N3O2. The van der Waals surface area contributed by atoms with Crippen LogP contribution in [0, 0.1) is 5.92 Å². The van der Waals surface area contributed by atoms with Gasteiger partial charge < -0.3 is 20.3 Å². The molecule has 0 bridgehead atoms. The van der Waals surface area contributed by atoms with Crippen molar-refractivity contribution in [2.24, 2.45) is 5.92 Å². The van der Waals surface area contributed by atoms with E-state index in [0.29, 0.717) is 6.61 Å². The molecule has 0 saturated carbocycles. The Morgan fingerprint density at radius 1 is 1.30 bits per heavy atom. The first-order chi connectivity index (χ1) is 10.1. The van der Waals surface area contributed by atoms with Crippen LogP contribution < -0.4 is 15.4 Å². The summed E-state index contributed by atoms with van der Waals surface area (Å²) in [7, 11) is 4.03. The molecule has 5 nitrogen and oxygen atoms in total. The molecule has 7 heteroatoms. The maximum absolute atomic E-state index is 12.1. The molecule has 1 fully saturated rings. The van der Waals surface area contributed by atoms with Crippen molar-refractivity contribution < 1.29 is 9.53 Å². The zero-order valence-electron chi connectivity index (χ0n) is 13.7. The number of hydrogen-bond acceptors (Lipinski definition) is 4. The van der Waals surface area contributed by atoms with E-state index in [1.54, 1.807) is 0 Å². The quantitative estimate of drug-likeness (QED) is 0.814. The molecule has 1 unspecified atom stereocenters. The number of amides is 1. The lowest BCUT2D eigenvalue weighted by Crippen LogP contribution is -2.37. The number of nitrogens with zero attached hydrogens (tertiary/aromatic N) is 1. The highest BCUT2D eigenvalue weighted by Gasteiger charge is 2.20. The Morgan fingerprint density at radius 3 is 2.57 bits per heavy atom. The number of likely N-dealkylation sites (N-methyl/N-ethyl adjacent to an activating group) is 1. The monoisotopic (exact) mass is 363 g/mol. The van der Waals surface area contributed by atoms with Gasteiger partial charge in [0, 0.05) is 18.8 Å². The third-order valence-electron chi connectivity index (χ3n) is 3.60. The predicted octanol–water partition coefficient (Wildman–Crippen LogP) is 2.41. The molecule has 2 N–H and O–H groups in total. The lowest BCUT2D eigenvalue weighted by atomic mass is 9.99. The minimum absolute atomic E-state index is 0. The number of benzene rings is 1. The second-order valence-corrected chi connectivity index (χ2v) is 5.71. The summed E-state index contributed by atoms with van der Waals surface area (Å²) in [5.74, 6) is 1.01. The van der Waals surface area contributed by atoms with Gasteiger partial charge in [0.1, 0.15) is 12.4 Å². The molecule has 0 spiro atoms. The van der Waals surface area contributed by atoms with Crippen molar-refractivity contribution >= 4 is 36.4 Å². The number of anilines is 1. The molecule has 1 aromatic carbocycles. The number of hydrogen-bond donors (Lipinski definition) is 2. The highest BCUT2D eigenvalue weighted by atomic mass is 35.5. The number of halogens is 2. The molecule has 0 aromatic heterocycles. The van der Waals surface area contributed by atoms with E-state index in [0.717, 1.165) is 43.9 Å². The van der Waals surface area contributed by atoms with Gasteiger partial charge in [0.2, 0.25) is 5.91 Å². The number of nitrogens with one attached hydrogen (secondary N) is 2. The molecule has 0 radical (unpaired) electrons. The van der Waals surface area contributed by atoms with Crippen molar-refractivity contribution in [2.75, 3.05) is 45.7 Å². The molecule has 1 amide bonds. The third kappa shape index (κ3) is 7.88. The van der Waals surface area contributed by atoms with Crippen LogP contribution >= 0.6 is 24.8 Å². The third-order valence-corrected chi connectivity index (χ3v) is 3.60. The summed E-state index contributed by atoms with van der Waals surface area (Å²) in [5.41, 5.74) is 0.825. The van der Waals surface area contributed by atoms with Crippen LogP contribution in [-0.4, -0.2) is 51.1 Å². The molecule has 0 aliphatic carbocycles. The average Bonchev–Trinajstić information content (AvgIpc) is 2.49. The first kappa shape index (κ1) is 22.0. The largest absolute Gasteiger partial charge is 0.492 e. The van der Waals surface area contributed by atoms with E-state index in [2.05, 4.69) is 15.5 Å². The summed E-state index contributed by atoms with van der Waals surface area (Å²) in [5, 5.41) is 6.23. The fraction of sp³-hybridized carbons (Fsp3) is 0.562. The molecule has 1 atom stereocenters. The van der Waals surface area contributed by atoms with E-state index in [4.69, 9.17) is 4.74 Å². The normalized spacial score (nSPS) is 16.9. The Balaban J connectivity index is 0.00000242. The molecule has 1 aliphatic heterocycles. The van der Waals surface area contributed by atoms with Gasteiger partial charge >= 0.3 is 0 Å². The van der Waals surface area contributed by atoms with E-state index in [1.807, 2.05) is 38.4 Å². The van der Waals surface area contributed by atoms with Crippen LogP contribution in [0.4, 0.5) is 5.69 Å². The first-order valence-corrected chi connectivity index (χ1v) is 7.54. The van der Waals surface area contributed by atoms with Gasteiger partial charge in [-0.1, -0.05) is 0 Å². The van der Waals surface area contributed by atoms with Crippen molar-refractivity contribution in [3.8, 4) is 5.75 Å². The number of piperidine rings is 1. The standard InChI is InChI=1S/C16H25N3O2.2ClH/c1-19(2)10-11-21-15-7-5-14(6-8-15)18-16(20)13-4-3-9-17-12-13;;/h5-8,13,17H,3-4,9-12H2,1-2H3,(H,18,20);2*1H. The average molecular weight is 364 g/mol. The second-order valence-electron chi connectivity index (χ2n) is 5.71. The van der Waals surface area contributed by atoms with Gasteiger partial charge in [0.25, 0.3) is 0 Å². The Morgan fingerprint density at radius 2 is 2.00 bits per heavy atom. The molecule has 2 rings (SSSR count). The van der Waals surface area contributed by atoms with Crippen molar-refractivity contribution in [1.82, 2.24) is 10.2 Å². The van der Waals surface area contributed by atoms with E-state index < -0.39 is 0 Å². The topological polar surface area (TPSA) is 53.6 Å². The highest BCUT2D eigenvalue weighted by molar-refractivity contribution is 5.92. The van der Waals surface area contributed by atoms with Gasteiger partial charge in [-0.2, -0.15) is 0 Å². The maximum atomic E-state index is 12.1. The summed E-state index contributed by atoms with van der Waals surface area (Å²) >= 11 is 0. The van der Waals surface area contributed by atoms with Gasteiger partial charge in [-0.3, -0.25) is 4.79 Å². The smallest absolute Gasteiger partial charge is 0.228 e. The Labute approximate surface area is 151 Å². The highest BCUT2D eigenvalue weighted by Crippen LogP contribution is 2.18. The number of carbonyl (C=O) groups excluding carboxylic acids is 1. The van der Waals surface area contributed by atoms with Gasteiger partial charge in [-0.05, 0) is 57.7 Å². The zero-order chi connectivity index (χ0) is 15.1. The minimum Gasteiger partial charge on any atom is -0.492 e. The van der Waals surface area contributed by atoms with Gasteiger partial charge in [-0.25, -0.2) is 0 Å². The van der Waals surface area contributed by atoms with Crippen LogP contribution in [0.5, 0.6) is 5.75 Å². The Hall–Kier alpha value is -1.01. The van der Waals surface area contributed by atoms with Crippen LogP contribution in [0.2, 0.25) is 0 Å². The molecule has 1 aliphatic rings. The Kier molecular flexibility index (Phi) is 11.0. The number of ether oxygens (including phenoxy) is 1. The molecular weight excluding hydrogens is 337 g/mol. The molecule has 1 heterocycles. The van der Waals surface area contributed by atoms with E-state index in [-0.39, 0.29) is 36.6 Å². The summed E-state index contributed by atoms with van der Waals surface area (Å²) in [6.45, 7) is 3.33. The van der Waals surface area contributed by atoms with E-state index in [1.165, 1.54) is 0 Å². The van der Waals surface area contributed by atoms with Gasteiger partial charge in [0.05, 0.1) is 5.92 Å². The second kappa shape index (κ2) is 11.5. The van der Waals surface area contributed by atoms with Crippen molar-refractivity contribution in [3.05, 3.63) is 24.3 Å². The van der Waals surface area contributed by atoms with Crippen LogP contribution in [0.15, 0.2) is 24.3 Å². The van der Waals surface area contributed by atoms with Crippen molar-refractivity contribution in [3.63, 3.8) is 0 Å². The van der Waals surface area contributed by atoms with E-state index in [9.17, 15) is 4.79 Å². The zero-order valence-corrected chi connectivity index (χ0v) is 15.3. The van der Waals surface area contributed by atoms with Gasteiger partial charge in [0.15, 0.2) is 0 Å². The summed E-state index contributed by atoms with van der Waals surface area (Å²) in [4.78, 5) is 14.2. The van der Waals surface area contributed by atoms with Crippen LogP contribution in [0.3, 0.4) is 0 Å². The van der Waals surface area contributed by atoms with Gasteiger partial charge in [-0.15, -0.1) is 24.8 Å². The van der Waals surface area contributed by atoms with Crippen LogP contribution in [0.1, 0.15) is 12.8 Å². The molecule has 1 saturated heterocycles. The van der Waals surface area contributed by atoms with Crippen LogP contribution in [0.25, 0.3) is 0 Å². The summed E-state index contributed by atoms with van der Waals surface area (Å²) in [6, 6.07) is 7.56. The minimum atomic E-state index is 0. The first-order valence-electron chi connectivity index (χ1n) is 7.54. The van der Waals surface area contributed by atoms with Crippen LogP contribution in [-0.2, 0) is 4.79 Å². The molecule has 23 heavy (non-hydrogen) atoms. The number of rotatable bonds is 6. The fourth-order valence-electron chi connectivity index (χ4n) is 2.30. The number of carbonyl (C=O) groups is 1. The molecule has 1 aromatic rings. The Bertz CT molecular complexity index is 449. The van der Waals surface area contributed by atoms with E-state index >= 15 is 0 Å². The lowest BCUT2D eigenvalue weighted by molar-refractivity contribution is -0.120. The predicted molar refractivity (Wildman–Crippen MR) is 99.2 cm³/mol.